The molecule has 1 unspecified atom stereocenters. The number of para-hydroxylation sites is 2. The molecule has 1 aromatic heterocycles. The lowest BCUT2D eigenvalue weighted by Gasteiger charge is -2.33. The molecule has 0 aliphatic carbocycles. The van der Waals surface area contributed by atoms with E-state index in [1.807, 2.05) is 37.3 Å². The average molecular weight is 443 g/mol. The van der Waals surface area contributed by atoms with Crippen LogP contribution < -0.4 is 20.3 Å². The van der Waals surface area contributed by atoms with E-state index in [-0.39, 0.29) is 11.8 Å². The van der Waals surface area contributed by atoms with Crippen molar-refractivity contribution < 1.29 is 8.42 Å². The molecular formula is C22H30N6O2S. The molecule has 31 heavy (non-hydrogen) atoms. The predicted octanol–water partition coefficient (Wildman–Crippen LogP) is 3.63. The number of hydrogen-bond acceptors (Lipinski definition) is 7. The van der Waals surface area contributed by atoms with E-state index in [1.165, 1.54) is 0 Å². The summed E-state index contributed by atoms with van der Waals surface area (Å²) in [6, 6.07) is 9.43. The summed E-state index contributed by atoms with van der Waals surface area (Å²) in [6.07, 6.45) is 5.66. The average Bonchev–Trinajstić information content (AvgIpc) is 2.75. The van der Waals surface area contributed by atoms with Crippen LogP contribution in [0.2, 0.25) is 0 Å². The smallest absolute Gasteiger partial charge is 0.229 e. The summed E-state index contributed by atoms with van der Waals surface area (Å²) in [7, 11) is -3.25. The van der Waals surface area contributed by atoms with Gasteiger partial charge >= 0.3 is 0 Å². The first-order valence-electron chi connectivity index (χ1n) is 10.4. The van der Waals surface area contributed by atoms with E-state index < -0.39 is 10.0 Å². The highest BCUT2D eigenvalue weighted by Crippen LogP contribution is 2.26. The molecule has 3 rings (SSSR count). The van der Waals surface area contributed by atoms with Crippen LogP contribution in [0.1, 0.15) is 26.2 Å². The van der Waals surface area contributed by atoms with Crippen LogP contribution in [0.4, 0.5) is 23.1 Å². The summed E-state index contributed by atoms with van der Waals surface area (Å²) in [5, 5.41) is 6.44. The Morgan fingerprint density at radius 1 is 1.29 bits per heavy atom. The first-order chi connectivity index (χ1) is 14.9. The van der Waals surface area contributed by atoms with Crippen LogP contribution >= 0.6 is 0 Å². The van der Waals surface area contributed by atoms with E-state index >= 15 is 0 Å². The highest BCUT2D eigenvalue weighted by Gasteiger charge is 2.24. The minimum Gasteiger partial charge on any atom is -0.355 e. The van der Waals surface area contributed by atoms with E-state index in [4.69, 9.17) is 0 Å². The Hall–Kier alpha value is -2.91. The van der Waals surface area contributed by atoms with Crippen molar-refractivity contribution in [2.45, 2.75) is 32.2 Å². The van der Waals surface area contributed by atoms with Gasteiger partial charge in [-0.1, -0.05) is 32.2 Å². The fraction of sp³-hybridized carbons (Fsp3) is 0.364. The number of hydrogen-bond donors (Lipinski definition) is 3. The van der Waals surface area contributed by atoms with Gasteiger partial charge in [0.25, 0.3) is 0 Å². The van der Waals surface area contributed by atoms with Crippen molar-refractivity contribution in [3.63, 3.8) is 0 Å². The van der Waals surface area contributed by atoms with Crippen LogP contribution in [0, 0.1) is 0 Å². The monoisotopic (exact) mass is 442 g/mol. The van der Waals surface area contributed by atoms with Gasteiger partial charge in [0.2, 0.25) is 16.0 Å². The molecule has 0 spiro atoms. The molecule has 9 heteroatoms. The Balaban J connectivity index is 1.72. The molecule has 1 aromatic carbocycles. The van der Waals surface area contributed by atoms with Crippen LogP contribution in [0.3, 0.4) is 0 Å². The number of nitrogens with zero attached hydrogens (tertiary/aromatic N) is 3. The fourth-order valence-electron chi connectivity index (χ4n) is 3.49. The molecular weight excluding hydrogens is 412 g/mol. The second kappa shape index (κ2) is 10.4. The number of piperidine rings is 1. The number of aromatic nitrogens is 2. The lowest BCUT2D eigenvalue weighted by molar-refractivity contribution is 0.463. The maximum atomic E-state index is 12.1. The molecule has 0 radical (unpaired) electrons. The molecule has 1 atom stereocenters. The molecule has 1 aliphatic rings. The molecule has 2 heterocycles. The quantitative estimate of drug-likeness (QED) is 0.483. The van der Waals surface area contributed by atoms with Crippen LogP contribution in [-0.2, 0) is 10.0 Å². The van der Waals surface area contributed by atoms with E-state index in [2.05, 4.69) is 43.4 Å². The van der Waals surface area contributed by atoms with Crippen molar-refractivity contribution in [2.24, 2.45) is 0 Å². The second-order valence-electron chi connectivity index (χ2n) is 7.49. The van der Waals surface area contributed by atoms with Crippen molar-refractivity contribution >= 4 is 33.2 Å². The lowest BCUT2D eigenvalue weighted by atomic mass is 10.1. The lowest BCUT2D eigenvalue weighted by Crippen LogP contribution is -2.48. The van der Waals surface area contributed by atoms with Gasteiger partial charge in [-0.3, -0.25) is 0 Å². The van der Waals surface area contributed by atoms with Crippen molar-refractivity contribution in [1.29, 1.82) is 0 Å². The molecule has 8 nitrogen and oxygen atoms in total. The van der Waals surface area contributed by atoms with E-state index in [9.17, 15) is 8.42 Å². The summed E-state index contributed by atoms with van der Waals surface area (Å²) in [4.78, 5) is 11.1. The molecule has 0 bridgehead atoms. The second-order valence-corrected chi connectivity index (χ2v) is 9.36. The number of sulfonamides is 1. The molecule has 3 N–H and O–H groups in total. The standard InChI is InChI=1S/C22H30N6O2S/c1-4-15-31(29,30)27-18-9-8-14-28(16-18)21-12-13-23-22(26-21)25-20-11-7-6-10-19(20)24-17(3)5-2/h5-7,10-13,18,24,27H,2-4,8-9,14-16H2,1H3,(H,23,25,26). The summed E-state index contributed by atoms with van der Waals surface area (Å²) in [5.74, 6) is 1.37. The number of benzene rings is 1. The predicted molar refractivity (Wildman–Crippen MR) is 127 cm³/mol. The van der Waals surface area contributed by atoms with Gasteiger partial charge in [0.15, 0.2) is 0 Å². The Kier molecular flexibility index (Phi) is 7.64. The number of nitrogens with one attached hydrogen (secondary N) is 3. The normalized spacial score (nSPS) is 16.5. The summed E-state index contributed by atoms with van der Waals surface area (Å²) in [5.41, 5.74) is 2.34. The SMILES string of the molecule is C=CC(=C)Nc1ccccc1Nc1nccc(N2CCCC(NS(=O)(=O)CCC)C2)n1. The van der Waals surface area contributed by atoms with Gasteiger partial charge in [-0.15, -0.1) is 0 Å². The minimum atomic E-state index is -3.25. The number of rotatable bonds is 10. The maximum Gasteiger partial charge on any atom is 0.229 e. The van der Waals surface area contributed by atoms with Crippen LogP contribution in [-0.4, -0.2) is 43.3 Å². The van der Waals surface area contributed by atoms with Crippen LogP contribution in [0.15, 0.2) is 61.5 Å². The van der Waals surface area contributed by atoms with Crippen LogP contribution in [0.5, 0.6) is 0 Å². The largest absolute Gasteiger partial charge is 0.355 e. The van der Waals surface area contributed by atoms with Gasteiger partial charge in [0, 0.05) is 31.0 Å². The molecule has 1 aliphatic heterocycles. The van der Waals surface area contributed by atoms with Gasteiger partial charge < -0.3 is 15.5 Å². The number of anilines is 4. The van der Waals surface area contributed by atoms with Crippen molar-refractivity contribution in [3.8, 4) is 0 Å². The Morgan fingerprint density at radius 2 is 2.06 bits per heavy atom. The van der Waals surface area contributed by atoms with E-state index in [1.54, 1.807) is 12.3 Å². The molecule has 0 saturated carbocycles. The summed E-state index contributed by atoms with van der Waals surface area (Å²) < 4.78 is 27.1. The molecule has 1 saturated heterocycles. The Labute approximate surface area is 184 Å². The first-order valence-corrected chi connectivity index (χ1v) is 12.1. The van der Waals surface area contributed by atoms with Gasteiger partial charge in [-0.2, -0.15) is 4.98 Å². The van der Waals surface area contributed by atoms with Crippen LogP contribution in [0.25, 0.3) is 0 Å². The highest BCUT2D eigenvalue weighted by atomic mass is 32.2. The molecule has 1 fully saturated rings. The zero-order chi connectivity index (χ0) is 22.3. The zero-order valence-electron chi connectivity index (χ0n) is 17.8. The van der Waals surface area contributed by atoms with Gasteiger partial charge in [-0.25, -0.2) is 18.1 Å². The number of allylic oxidation sites excluding steroid dienone is 1. The van der Waals surface area contributed by atoms with Crippen molar-refractivity contribution in [1.82, 2.24) is 14.7 Å². The minimum absolute atomic E-state index is 0.119. The maximum absolute atomic E-state index is 12.1. The third-order valence-electron chi connectivity index (χ3n) is 4.92. The topological polar surface area (TPSA) is 99.3 Å². The first kappa shape index (κ1) is 22.8. The zero-order valence-corrected chi connectivity index (χ0v) is 18.7. The third-order valence-corrected chi connectivity index (χ3v) is 6.56. The Bertz CT molecular complexity index is 1020. The van der Waals surface area contributed by atoms with Crippen molar-refractivity contribution in [2.75, 3.05) is 34.4 Å². The van der Waals surface area contributed by atoms with E-state index in [0.29, 0.717) is 24.6 Å². The highest BCUT2D eigenvalue weighted by molar-refractivity contribution is 7.89. The fourth-order valence-corrected chi connectivity index (χ4v) is 4.85. The van der Waals surface area contributed by atoms with E-state index in [0.717, 1.165) is 36.6 Å². The third kappa shape index (κ3) is 6.53. The van der Waals surface area contributed by atoms with Gasteiger partial charge in [-0.05, 0) is 43.5 Å². The summed E-state index contributed by atoms with van der Waals surface area (Å²) in [6.45, 7) is 10.9. The van der Waals surface area contributed by atoms with Gasteiger partial charge in [0.05, 0.1) is 17.1 Å². The van der Waals surface area contributed by atoms with Gasteiger partial charge in [0.1, 0.15) is 5.82 Å². The Morgan fingerprint density at radius 3 is 2.81 bits per heavy atom. The molecule has 2 aromatic rings. The molecule has 166 valence electrons. The molecule has 0 amide bonds. The van der Waals surface area contributed by atoms with Crippen molar-refractivity contribution in [3.05, 3.63) is 61.5 Å². The summed E-state index contributed by atoms with van der Waals surface area (Å²) >= 11 is 0.